The molecule has 2 aromatic rings. The third-order valence-corrected chi connectivity index (χ3v) is 3.54. The molecule has 88 valence electrons. The summed E-state index contributed by atoms with van der Waals surface area (Å²) in [5, 5.41) is 0. The van der Waals surface area contributed by atoms with E-state index in [2.05, 4.69) is 48.6 Å². The maximum absolute atomic E-state index is 5.46. The highest BCUT2D eigenvalue weighted by Crippen LogP contribution is 2.43. The Morgan fingerprint density at radius 1 is 0.944 bits per heavy atom. The Bertz CT molecular complexity index is 629. The normalized spacial score (nSPS) is 19.0. The van der Waals surface area contributed by atoms with Gasteiger partial charge >= 0.3 is 0 Å². The molecule has 0 spiro atoms. The van der Waals surface area contributed by atoms with Gasteiger partial charge in [-0.1, -0.05) is 42.5 Å². The Kier molecular flexibility index (Phi) is 1.97. The van der Waals surface area contributed by atoms with Gasteiger partial charge < -0.3 is 9.47 Å². The summed E-state index contributed by atoms with van der Waals surface area (Å²) in [5.41, 5.74) is 3.84. The molecule has 0 saturated carbocycles. The van der Waals surface area contributed by atoms with Crippen LogP contribution in [0.3, 0.4) is 0 Å². The summed E-state index contributed by atoms with van der Waals surface area (Å²) in [6.45, 7) is 0.331. The lowest BCUT2D eigenvalue weighted by molar-refractivity contribution is 0.174. The van der Waals surface area contributed by atoms with Crippen LogP contribution in [0.2, 0.25) is 0 Å². The van der Waals surface area contributed by atoms with Crippen LogP contribution >= 0.6 is 0 Å². The van der Waals surface area contributed by atoms with Gasteiger partial charge in [-0.05, 0) is 28.8 Å². The molecule has 1 aliphatic carbocycles. The van der Waals surface area contributed by atoms with Crippen molar-refractivity contribution in [3.8, 4) is 11.5 Å². The molecule has 0 radical (unpaired) electrons. The van der Waals surface area contributed by atoms with Crippen LogP contribution < -0.4 is 9.47 Å². The zero-order valence-corrected chi connectivity index (χ0v) is 9.80. The lowest BCUT2D eigenvalue weighted by Crippen LogP contribution is -1.95. The van der Waals surface area contributed by atoms with Crippen LogP contribution in [0.15, 0.2) is 48.5 Å². The first kappa shape index (κ1) is 9.77. The van der Waals surface area contributed by atoms with E-state index in [1.807, 2.05) is 6.07 Å². The van der Waals surface area contributed by atoms with Crippen LogP contribution in [0, 0.1) is 0 Å². The van der Waals surface area contributed by atoms with Crippen molar-refractivity contribution in [1.29, 1.82) is 0 Å². The molecule has 1 aliphatic heterocycles. The Morgan fingerprint density at radius 2 is 1.72 bits per heavy atom. The molecule has 2 nitrogen and oxygen atoms in total. The van der Waals surface area contributed by atoms with E-state index in [1.165, 1.54) is 16.7 Å². The Morgan fingerprint density at radius 3 is 2.56 bits per heavy atom. The van der Waals surface area contributed by atoms with Gasteiger partial charge in [-0.2, -0.15) is 0 Å². The zero-order valence-electron chi connectivity index (χ0n) is 9.80. The summed E-state index contributed by atoms with van der Waals surface area (Å²) in [5.74, 6) is 2.04. The molecular formula is C16H12O2. The predicted molar refractivity (Wildman–Crippen MR) is 69.9 cm³/mol. The topological polar surface area (TPSA) is 18.5 Å². The molecule has 2 aromatic carbocycles. The fourth-order valence-electron chi connectivity index (χ4n) is 2.64. The van der Waals surface area contributed by atoms with Gasteiger partial charge in [0.1, 0.15) is 0 Å². The molecule has 18 heavy (non-hydrogen) atoms. The monoisotopic (exact) mass is 236 g/mol. The van der Waals surface area contributed by atoms with Gasteiger partial charge in [-0.3, -0.25) is 0 Å². The van der Waals surface area contributed by atoms with Crippen molar-refractivity contribution in [3.63, 3.8) is 0 Å². The molecule has 1 heterocycles. The summed E-state index contributed by atoms with van der Waals surface area (Å²) in [7, 11) is 0. The molecule has 0 saturated heterocycles. The molecule has 2 aliphatic rings. The maximum Gasteiger partial charge on any atom is 0.231 e. The molecule has 0 aromatic heterocycles. The van der Waals surface area contributed by atoms with E-state index >= 15 is 0 Å². The number of allylic oxidation sites excluding steroid dienone is 1. The molecule has 1 atom stereocenters. The fourth-order valence-corrected chi connectivity index (χ4v) is 2.64. The molecule has 0 amide bonds. The van der Waals surface area contributed by atoms with Crippen LogP contribution in [0.5, 0.6) is 11.5 Å². The average molecular weight is 236 g/mol. The quantitative estimate of drug-likeness (QED) is 0.753. The number of benzene rings is 2. The van der Waals surface area contributed by atoms with Gasteiger partial charge in [0.25, 0.3) is 0 Å². The van der Waals surface area contributed by atoms with E-state index in [1.54, 1.807) is 0 Å². The van der Waals surface area contributed by atoms with Crippen molar-refractivity contribution >= 4 is 6.08 Å². The van der Waals surface area contributed by atoms with Gasteiger partial charge in [-0.15, -0.1) is 0 Å². The summed E-state index contributed by atoms with van der Waals surface area (Å²) >= 11 is 0. The largest absolute Gasteiger partial charge is 0.454 e. The smallest absolute Gasteiger partial charge is 0.231 e. The minimum atomic E-state index is 0.329. The minimum Gasteiger partial charge on any atom is -0.454 e. The Hall–Kier alpha value is -2.22. The number of ether oxygens (including phenoxy) is 2. The van der Waals surface area contributed by atoms with Crippen molar-refractivity contribution in [2.45, 2.75) is 5.92 Å². The van der Waals surface area contributed by atoms with Gasteiger partial charge in [0.15, 0.2) is 11.5 Å². The summed E-state index contributed by atoms with van der Waals surface area (Å²) in [4.78, 5) is 0. The summed E-state index contributed by atoms with van der Waals surface area (Å²) in [6.07, 6.45) is 4.39. The lowest BCUT2D eigenvalue weighted by atomic mass is 9.93. The van der Waals surface area contributed by atoms with Gasteiger partial charge in [0.2, 0.25) is 6.79 Å². The Labute approximate surface area is 105 Å². The van der Waals surface area contributed by atoms with Gasteiger partial charge in [-0.25, -0.2) is 0 Å². The van der Waals surface area contributed by atoms with Crippen LogP contribution in [-0.4, -0.2) is 6.79 Å². The highest BCUT2D eigenvalue weighted by atomic mass is 16.7. The third-order valence-electron chi connectivity index (χ3n) is 3.54. The van der Waals surface area contributed by atoms with Crippen LogP contribution in [0.25, 0.3) is 6.08 Å². The van der Waals surface area contributed by atoms with Crippen LogP contribution in [0.1, 0.15) is 22.6 Å². The molecular weight excluding hydrogens is 224 g/mol. The second-order valence-electron chi connectivity index (χ2n) is 4.58. The first-order valence-corrected chi connectivity index (χ1v) is 6.08. The van der Waals surface area contributed by atoms with E-state index in [9.17, 15) is 0 Å². The molecule has 4 rings (SSSR count). The maximum atomic E-state index is 5.46. The second kappa shape index (κ2) is 3.64. The summed E-state index contributed by atoms with van der Waals surface area (Å²) < 4.78 is 10.9. The third kappa shape index (κ3) is 1.35. The molecule has 0 fully saturated rings. The highest BCUT2D eigenvalue weighted by molar-refractivity contribution is 5.69. The summed E-state index contributed by atoms with van der Waals surface area (Å²) in [6, 6.07) is 14.7. The van der Waals surface area contributed by atoms with E-state index in [-0.39, 0.29) is 0 Å². The first-order chi connectivity index (χ1) is 8.92. The van der Waals surface area contributed by atoms with Crippen LogP contribution in [0.4, 0.5) is 0 Å². The van der Waals surface area contributed by atoms with Gasteiger partial charge in [0, 0.05) is 5.92 Å². The lowest BCUT2D eigenvalue weighted by Gasteiger charge is -2.12. The van der Waals surface area contributed by atoms with Crippen molar-refractivity contribution in [1.82, 2.24) is 0 Å². The second-order valence-corrected chi connectivity index (χ2v) is 4.58. The molecule has 0 N–H and O–H groups in total. The number of hydrogen-bond donors (Lipinski definition) is 0. The van der Waals surface area contributed by atoms with E-state index in [4.69, 9.17) is 9.47 Å². The van der Waals surface area contributed by atoms with Crippen molar-refractivity contribution in [2.75, 3.05) is 6.79 Å². The van der Waals surface area contributed by atoms with Crippen molar-refractivity contribution in [3.05, 3.63) is 65.2 Å². The van der Waals surface area contributed by atoms with Crippen LogP contribution in [-0.2, 0) is 0 Å². The Balaban J connectivity index is 1.83. The molecule has 2 heteroatoms. The standard InChI is InChI=1S/C16H12O2/c1-2-4-11(5-3-1)13-7-6-12-8-15-16(9-14(12)13)18-10-17-15/h1-9,13H,10H2. The van der Waals surface area contributed by atoms with E-state index in [0.29, 0.717) is 12.7 Å². The van der Waals surface area contributed by atoms with Crippen molar-refractivity contribution < 1.29 is 9.47 Å². The molecule has 0 bridgehead atoms. The fraction of sp³-hybridized carbons (Fsp3) is 0.125. The molecule has 1 unspecified atom stereocenters. The highest BCUT2D eigenvalue weighted by Gasteiger charge is 2.24. The van der Waals surface area contributed by atoms with Gasteiger partial charge in [0.05, 0.1) is 0 Å². The van der Waals surface area contributed by atoms with E-state index in [0.717, 1.165) is 11.5 Å². The number of rotatable bonds is 1. The van der Waals surface area contributed by atoms with E-state index < -0.39 is 0 Å². The number of fused-ring (bicyclic) bond motifs is 2. The number of hydrogen-bond acceptors (Lipinski definition) is 2. The predicted octanol–water partition coefficient (Wildman–Crippen LogP) is 3.57. The average Bonchev–Trinajstić information content (AvgIpc) is 3.02. The van der Waals surface area contributed by atoms with Crippen molar-refractivity contribution in [2.24, 2.45) is 0 Å². The zero-order chi connectivity index (χ0) is 11.9. The minimum absolute atomic E-state index is 0.329. The first-order valence-electron chi connectivity index (χ1n) is 6.08. The SMILES string of the molecule is C1=CC(c2ccccc2)c2cc3c(cc21)OCO3.